The van der Waals surface area contributed by atoms with Crippen LogP contribution in [0.3, 0.4) is 0 Å². The Labute approximate surface area is 189 Å². The van der Waals surface area contributed by atoms with Crippen molar-refractivity contribution < 1.29 is 23.8 Å². The number of ether oxygens (including phenoxy) is 3. The number of para-hydroxylation sites is 2. The van der Waals surface area contributed by atoms with Gasteiger partial charge in [-0.2, -0.15) is 5.10 Å². The molecule has 0 heterocycles. The Morgan fingerprint density at radius 1 is 1.13 bits per heavy atom. The molecule has 2 N–H and O–H groups in total. The molecule has 2 aromatic carbocycles. The predicted molar refractivity (Wildman–Crippen MR) is 122 cm³/mol. The second kappa shape index (κ2) is 12.2. The molecule has 0 aromatic heterocycles. The fourth-order valence-corrected chi connectivity index (χ4v) is 3.06. The Morgan fingerprint density at radius 2 is 1.84 bits per heavy atom. The van der Waals surface area contributed by atoms with Crippen LogP contribution in [0.4, 0.5) is 5.69 Å². The van der Waals surface area contributed by atoms with Crippen molar-refractivity contribution >= 4 is 39.6 Å². The SMILES string of the molecule is C#CCOc1c(Br)cc(C=NNC(=O)CCC(=O)Nc2ccccc2OC)cc1OC. The number of anilines is 1. The van der Waals surface area contributed by atoms with Crippen molar-refractivity contribution in [1.29, 1.82) is 0 Å². The van der Waals surface area contributed by atoms with Crippen LogP contribution in [-0.2, 0) is 9.59 Å². The molecule has 0 aliphatic heterocycles. The normalized spacial score (nSPS) is 10.3. The van der Waals surface area contributed by atoms with Gasteiger partial charge in [0.25, 0.3) is 0 Å². The summed E-state index contributed by atoms with van der Waals surface area (Å²) in [5.74, 6) is 3.17. The third kappa shape index (κ3) is 7.35. The van der Waals surface area contributed by atoms with Gasteiger partial charge in [0.2, 0.25) is 11.8 Å². The minimum absolute atomic E-state index is 0.0000128. The molecule has 31 heavy (non-hydrogen) atoms. The summed E-state index contributed by atoms with van der Waals surface area (Å²) < 4.78 is 16.5. The van der Waals surface area contributed by atoms with E-state index in [0.717, 1.165) is 0 Å². The number of nitrogens with zero attached hydrogens (tertiary/aromatic N) is 1. The number of nitrogens with one attached hydrogen (secondary N) is 2. The van der Waals surface area contributed by atoms with Crippen LogP contribution in [0.5, 0.6) is 17.2 Å². The second-order valence-electron chi connectivity index (χ2n) is 6.07. The van der Waals surface area contributed by atoms with Crippen molar-refractivity contribution in [2.75, 3.05) is 26.1 Å². The number of amides is 2. The summed E-state index contributed by atoms with van der Waals surface area (Å²) in [6.45, 7) is 0.100. The highest BCUT2D eigenvalue weighted by molar-refractivity contribution is 9.10. The third-order valence-electron chi connectivity index (χ3n) is 3.91. The van der Waals surface area contributed by atoms with E-state index in [9.17, 15) is 9.59 Å². The molecular weight excluding hydrogens is 466 g/mol. The molecule has 2 aromatic rings. The van der Waals surface area contributed by atoms with Crippen LogP contribution in [0, 0.1) is 12.3 Å². The average molecular weight is 488 g/mol. The van der Waals surface area contributed by atoms with Crippen molar-refractivity contribution in [3.63, 3.8) is 0 Å². The van der Waals surface area contributed by atoms with E-state index in [-0.39, 0.29) is 25.4 Å². The number of carbonyl (C=O) groups is 2. The number of rotatable bonds is 10. The molecule has 0 radical (unpaired) electrons. The summed E-state index contributed by atoms with van der Waals surface area (Å²) in [4.78, 5) is 24.0. The molecule has 0 atom stereocenters. The minimum atomic E-state index is -0.397. The standard InChI is InChI=1S/C22H22BrN3O5/c1-4-11-31-22-16(23)12-15(13-19(22)30-3)14-24-26-21(28)10-9-20(27)25-17-7-5-6-8-18(17)29-2/h1,5-8,12-14H,9-11H2,2-3H3,(H,25,27)(H,26,28). The highest BCUT2D eigenvalue weighted by Crippen LogP contribution is 2.36. The third-order valence-corrected chi connectivity index (χ3v) is 4.50. The highest BCUT2D eigenvalue weighted by Gasteiger charge is 2.12. The molecule has 8 nitrogen and oxygen atoms in total. The molecule has 0 aliphatic rings. The van der Waals surface area contributed by atoms with E-state index in [0.29, 0.717) is 33.0 Å². The molecule has 0 fully saturated rings. The van der Waals surface area contributed by atoms with Gasteiger partial charge in [-0.3, -0.25) is 9.59 Å². The molecule has 0 unspecified atom stereocenters. The largest absolute Gasteiger partial charge is 0.495 e. The summed E-state index contributed by atoms with van der Waals surface area (Å²) >= 11 is 3.39. The molecule has 162 valence electrons. The van der Waals surface area contributed by atoms with Crippen molar-refractivity contribution in [3.05, 3.63) is 46.4 Å². The van der Waals surface area contributed by atoms with Crippen LogP contribution < -0.4 is 25.0 Å². The van der Waals surface area contributed by atoms with Gasteiger partial charge in [-0.15, -0.1) is 6.42 Å². The maximum atomic E-state index is 12.1. The van der Waals surface area contributed by atoms with Gasteiger partial charge in [0, 0.05) is 12.8 Å². The van der Waals surface area contributed by atoms with Crippen molar-refractivity contribution in [2.45, 2.75) is 12.8 Å². The van der Waals surface area contributed by atoms with Crippen LogP contribution in [-0.4, -0.2) is 38.9 Å². The van der Waals surface area contributed by atoms with Crippen molar-refractivity contribution in [1.82, 2.24) is 5.43 Å². The number of benzene rings is 2. The van der Waals surface area contributed by atoms with E-state index in [1.807, 2.05) is 0 Å². The molecule has 2 rings (SSSR count). The zero-order valence-electron chi connectivity index (χ0n) is 17.1. The van der Waals surface area contributed by atoms with Gasteiger partial charge in [0.05, 0.1) is 30.6 Å². The maximum Gasteiger partial charge on any atom is 0.240 e. The van der Waals surface area contributed by atoms with E-state index in [2.05, 4.69) is 37.7 Å². The van der Waals surface area contributed by atoms with Gasteiger partial charge >= 0.3 is 0 Å². The summed E-state index contributed by atoms with van der Waals surface area (Å²) in [7, 11) is 3.02. The lowest BCUT2D eigenvalue weighted by Crippen LogP contribution is -2.20. The lowest BCUT2D eigenvalue weighted by atomic mass is 10.2. The number of hydrogen-bond acceptors (Lipinski definition) is 6. The molecule has 0 spiro atoms. The maximum absolute atomic E-state index is 12.1. The quantitative estimate of drug-likeness (QED) is 0.304. The highest BCUT2D eigenvalue weighted by atomic mass is 79.9. The molecule has 0 saturated carbocycles. The number of hydrogen-bond donors (Lipinski definition) is 2. The fraction of sp³-hybridized carbons (Fsp3) is 0.227. The van der Waals surface area contributed by atoms with Crippen LogP contribution in [0.15, 0.2) is 46.0 Å². The van der Waals surface area contributed by atoms with E-state index >= 15 is 0 Å². The first kappa shape index (κ1) is 23.8. The smallest absolute Gasteiger partial charge is 0.240 e. The van der Waals surface area contributed by atoms with Crippen LogP contribution in [0.2, 0.25) is 0 Å². The number of halogens is 1. The van der Waals surface area contributed by atoms with E-state index in [1.54, 1.807) is 36.4 Å². The molecule has 2 amide bonds. The predicted octanol–water partition coefficient (Wildman–Crippen LogP) is 3.35. The van der Waals surface area contributed by atoms with Gasteiger partial charge in [-0.05, 0) is 45.8 Å². The van der Waals surface area contributed by atoms with E-state index in [4.69, 9.17) is 20.6 Å². The summed E-state index contributed by atoms with van der Waals surface area (Å²) in [5.41, 5.74) is 3.59. The number of carbonyl (C=O) groups excluding carboxylic acids is 2. The monoisotopic (exact) mass is 487 g/mol. The molecular formula is C22H22BrN3O5. The zero-order valence-corrected chi connectivity index (χ0v) is 18.7. The lowest BCUT2D eigenvalue weighted by molar-refractivity contribution is -0.124. The number of methoxy groups -OCH3 is 2. The zero-order chi connectivity index (χ0) is 22.6. The molecule has 0 aliphatic carbocycles. The summed E-state index contributed by atoms with van der Waals surface area (Å²) in [6, 6.07) is 10.5. The lowest BCUT2D eigenvalue weighted by Gasteiger charge is -2.11. The first-order chi connectivity index (χ1) is 15.0. The summed E-state index contributed by atoms with van der Waals surface area (Å²) in [5, 5.41) is 6.63. The minimum Gasteiger partial charge on any atom is -0.495 e. The second-order valence-corrected chi connectivity index (χ2v) is 6.92. The Kier molecular flexibility index (Phi) is 9.39. The van der Waals surface area contributed by atoms with Gasteiger partial charge < -0.3 is 19.5 Å². The van der Waals surface area contributed by atoms with Crippen LogP contribution in [0.25, 0.3) is 0 Å². The van der Waals surface area contributed by atoms with Gasteiger partial charge in [-0.25, -0.2) is 5.43 Å². The van der Waals surface area contributed by atoms with E-state index < -0.39 is 5.91 Å². The van der Waals surface area contributed by atoms with Crippen LogP contribution >= 0.6 is 15.9 Å². The molecule has 0 saturated heterocycles. The Balaban J connectivity index is 1.87. The Hall–Kier alpha value is -3.51. The van der Waals surface area contributed by atoms with Crippen molar-refractivity contribution in [3.8, 4) is 29.6 Å². The molecule has 0 bridgehead atoms. The molecule has 9 heteroatoms. The number of terminal acetylenes is 1. The van der Waals surface area contributed by atoms with E-state index in [1.165, 1.54) is 20.4 Å². The van der Waals surface area contributed by atoms with Crippen LogP contribution in [0.1, 0.15) is 18.4 Å². The topological polar surface area (TPSA) is 98.2 Å². The number of hydrazone groups is 1. The van der Waals surface area contributed by atoms with Gasteiger partial charge in [0.1, 0.15) is 12.4 Å². The van der Waals surface area contributed by atoms with Gasteiger partial charge in [-0.1, -0.05) is 18.1 Å². The first-order valence-electron chi connectivity index (χ1n) is 9.17. The Bertz CT molecular complexity index is 1000. The average Bonchev–Trinajstić information content (AvgIpc) is 2.77. The van der Waals surface area contributed by atoms with Gasteiger partial charge in [0.15, 0.2) is 11.5 Å². The first-order valence-corrected chi connectivity index (χ1v) is 9.96. The summed E-state index contributed by atoms with van der Waals surface area (Å²) in [6.07, 6.45) is 6.64. The Morgan fingerprint density at radius 3 is 2.55 bits per heavy atom. The van der Waals surface area contributed by atoms with Crippen molar-refractivity contribution in [2.24, 2.45) is 5.10 Å². The fourth-order valence-electron chi connectivity index (χ4n) is 2.49.